The lowest BCUT2D eigenvalue weighted by Gasteiger charge is -2.39. The molecule has 32 heavy (non-hydrogen) atoms. The zero-order valence-electron chi connectivity index (χ0n) is 18.7. The van der Waals surface area contributed by atoms with E-state index in [0.717, 1.165) is 64.3 Å². The average Bonchev–Trinajstić information content (AvgIpc) is 3.37. The Morgan fingerprint density at radius 1 is 0.969 bits per heavy atom. The third-order valence-corrected chi connectivity index (χ3v) is 7.33. The number of hydrogen-bond acceptors (Lipinski definition) is 5. The molecule has 2 fully saturated rings. The number of benzene rings is 1. The molecule has 172 valence electrons. The second kappa shape index (κ2) is 11.5. The molecule has 0 radical (unpaired) electrons. The first-order valence-electron chi connectivity index (χ1n) is 11.7. The zero-order chi connectivity index (χ0) is 22.2. The summed E-state index contributed by atoms with van der Waals surface area (Å²) in [5.74, 6) is 1.01. The molecule has 1 aromatic heterocycles. The quantitative estimate of drug-likeness (QED) is 0.614. The molecule has 0 N–H and O–H groups in total. The Labute approximate surface area is 194 Å². The van der Waals surface area contributed by atoms with Crippen molar-refractivity contribution >= 4 is 23.2 Å². The fourth-order valence-corrected chi connectivity index (χ4v) is 5.21. The van der Waals surface area contributed by atoms with Crippen LogP contribution in [0, 0.1) is 5.92 Å². The number of amides is 2. The lowest BCUT2D eigenvalue weighted by molar-refractivity contribution is -0.142. The van der Waals surface area contributed by atoms with Crippen molar-refractivity contribution in [2.45, 2.75) is 25.7 Å². The van der Waals surface area contributed by atoms with Crippen LogP contribution < -0.4 is 4.74 Å². The first-order valence-corrected chi connectivity index (χ1v) is 12.6. The summed E-state index contributed by atoms with van der Waals surface area (Å²) in [5, 5.41) is 2.13. The van der Waals surface area contributed by atoms with Gasteiger partial charge in [0.2, 0.25) is 11.8 Å². The van der Waals surface area contributed by atoms with Gasteiger partial charge < -0.3 is 14.5 Å². The maximum atomic E-state index is 13.1. The fraction of sp³-hybridized carbons (Fsp3) is 0.520. The van der Waals surface area contributed by atoms with Crippen molar-refractivity contribution < 1.29 is 14.3 Å². The summed E-state index contributed by atoms with van der Waals surface area (Å²) in [6.45, 7) is 6.15. The van der Waals surface area contributed by atoms with E-state index in [1.54, 1.807) is 0 Å². The van der Waals surface area contributed by atoms with Crippen molar-refractivity contribution in [3.63, 3.8) is 0 Å². The molecule has 0 aliphatic carbocycles. The van der Waals surface area contributed by atoms with Gasteiger partial charge in [-0.3, -0.25) is 14.5 Å². The van der Waals surface area contributed by atoms with Crippen molar-refractivity contribution in [2.75, 3.05) is 52.4 Å². The normalized spacial score (nSPS) is 19.7. The van der Waals surface area contributed by atoms with Gasteiger partial charge in [-0.2, -0.15) is 0 Å². The number of rotatable bonds is 8. The van der Waals surface area contributed by atoms with Crippen molar-refractivity contribution in [2.24, 2.45) is 5.92 Å². The van der Waals surface area contributed by atoms with E-state index < -0.39 is 0 Å². The van der Waals surface area contributed by atoms with Crippen LogP contribution in [0.25, 0.3) is 0 Å². The Bertz CT molecular complexity index is 851. The minimum absolute atomic E-state index is 0.0691. The van der Waals surface area contributed by atoms with Gasteiger partial charge in [0.15, 0.2) is 0 Å². The van der Waals surface area contributed by atoms with E-state index in [1.807, 2.05) is 51.5 Å². The molecule has 3 heterocycles. The predicted octanol–water partition coefficient (Wildman–Crippen LogP) is 3.14. The summed E-state index contributed by atoms with van der Waals surface area (Å²) in [5.41, 5.74) is 0. The van der Waals surface area contributed by atoms with Gasteiger partial charge in [-0.25, -0.2) is 0 Å². The number of likely N-dealkylation sites (tertiary alicyclic amines) is 1. The van der Waals surface area contributed by atoms with Crippen molar-refractivity contribution in [3.05, 3.63) is 52.7 Å². The van der Waals surface area contributed by atoms with Crippen molar-refractivity contribution in [1.29, 1.82) is 0 Å². The zero-order valence-corrected chi connectivity index (χ0v) is 19.5. The number of nitrogens with zero attached hydrogens (tertiary/aromatic N) is 3. The lowest BCUT2D eigenvalue weighted by Crippen LogP contribution is -2.53. The summed E-state index contributed by atoms with van der Waals surface area (Å²) in [4.78, 5) is 33.5. The van der Waals surface area contributed by atoms with Crippen LogP contribution in [-0.2, 0) is 16.0 Å². The summed E-state index contributed by atoms with van der Waals surface area (Å²) in [7, 11) is 0. The second-order valence-electron chi connectivity index (χ2n) is 8.59. The van der Waals surface area contributed by atoms with Gasteiger partial charge in [-0.1, -0.05) is 24.3 Å². The standard InChI is InChI=1S/C25H33N3O3S/c29-24(11-18-31-22-7-2-1-3-8-22)28-12-4-6-21(20-28)25(30)27-16-14-26(15-17-27)13-10-23-9-5-19-32-23/h1-3,5,7-9,19,21H,4,6,10-18,20H2. The molecule has 0 saturated carbocycles. The predicted molar refractivity (Wildman–Crippen MR) is 127 cm³/mol. The van der Waals surface area contributed by atoms with Crippen molar-refractivity contribution in [1.82, 2.24) is 14.7 Å². The maximum Gasteiger partial charge on any atom is 0.227 e. The number of piperidine rings is 1. The average molecular weight is 456 g/mol. The number of hydrogen-bond donors (Lipinski definition) is 0. The SMILES string of the molecule is O=C(CCOc1ccccc1)N1CCCC(C(=O)N2CCN(CCc3cccs3)CC2)C1. The molecular weight excluding hydrogens is 422 g/mol. The van der Waals surface area contributed by atoms with Gasteiger partial charge in [0, 0.05) is 50.7 Å². The number of thiophene rings is 1. The summed E-state index contributed by atoms with van der Waals surface area (Å²) in [6.07, 6.45) is 3.20. The second-order valence-corrected chi connectivity index (χ2v) is 9.62. The molecule has 2 aliphatic rings. The molecule has 7 heteroatoms. The Balaban J connectivity index is 1.18. The maximum absolute atomic E-state index is 13.1. The highest BCUT2D eigenvalue weighted by atomic mass is 32.1. The van der Waals surface area contributed by atoms with Crippen LogP contribution in [0.5, 0.6) is 5.75 Å². The number of ether oxygens (including phenoxy) is 1. The molecule has 2 aliphatic heterocycles. The van der Waals surface area contributed by atoms with Crippen LogP contribution in [0.15, 0.2) is 47.8 Å². The number of carbonyl (C=O) groups excluding carboxylic acids is 2. The molecule has 1 atom stereocenters. The molecule has 2 amide bonds. The minimum Gasteiger partial charge on any atom is -0.493 e. The molecular formula is C25H33N3O3S. The number of piperazine rings is 1. The Hall–Kier alpha value is -2.38. The van der Waals surface area contributed by atoms with E-state index in [4.69, 9.17) is 4.74 Å². The van der Waals surface area contributed by atoms with Crippen LogP contribution in [0.1, 0.15) is 24.1 Å². The first-order chi connectivity index (χ1) is 15.7. The number of carbonyl (C=O) groups is 2. The van der Waals surface area contributed by atoms with E-state index in [0.29, 0.717) is 19.6 Å². The monoisotopic (exact) mass is 455 g/mol. The molecule has 2 saturated heterocycles. The third-order valence-electron chi connectivity index (χ3n) is 6.39. The molecule has 1 unspecified atom stereocenters. The molecule has 0 bridgehead atoms. The molecule has 2 aromatic rings. The van der Waals surface area contributed by atoms with E-state index in [2.05, 4.69) is 22.4 Å². The highest BCUT2D eigenvalue weighted by molar-refractivity contribution is 7.09. The highest BCUT2D eigenvalue weighted by Crippen LogP contribution is 2.21. The smallest absolute Gasteiger partial charge is 0.227 e. The topological polar surface area (TPSA) is 53.1 Å². The van der Waals surface area contributed by atoms with Crippen LogP contribution in [0.3, 0.4) is 0 Å². The molecule has 4 rings (SSSR count). The molecule has 0 spiro atoms. The number of para-hydroxylation sites is 1. The molecule has 6 nitrogen and oxygen atoms in total. The summed E-state index contributed by atoms with van der Waals surface area (Å²) in [6, 6.07) is 13.8. The lowest BCUT2D eigenvalue weighted by atomic mass is 9.96. The molecule has 1 aromatic carbocycles. The van der Waals surface area contributed by atoms with E-state index in [1.165, 1.54) is 4.88 Å². The van der Waals surface area contributed by atoms with Gasteiger partial charge in [-0.15, -0.1) is 11.3 Å². The van der Waals surface area contributed by atoms with Crippen molar-refractivity contribution in [3.8, 4) is 5.75 Å². The fourth-order valence-electron chi connectivity index (χ4n) is 4.51. The van der Waals surface area contributed by atoms with Gasteiger partial charge in [-0.05, 0) is 42.8 Å². The van der Waals surface area contributed by atoms with Gasteiger partial charge in [0.25, 0.3) is 0 Å². The van der Waals surface area contributed by atoms with Crippen LogP contribution in [0.4, 0.5) is 0 Å². The Kier molecular flexibility index (Phi) is 8.18. The Morgan fingerprint density at radius 2 is 1.78 bits per heavy atom. The van der Waals surface area contributed by atoms with Gasteiger partial charge in [0.05, 0.1) is 18.9 Å². The summed E-state index contributed by atoms with van der Waals surface area (Å²) >= 11 is 1.81. The van der Waals surface area contributed by atoms with E-state index >= 15 is 0 Å². The first kappa shape index (κ1) is 22.8. The third kappa shape index (κ3) is 6.33. The van der Waals surface area contributed by atoms with Crippen LogP contribution in [0.2, 0.25) is 0 Å². The summed E-state index contributed by atoms with van der Waals surface area (Å²) < 4.78 is 5.66. The largest absolute Gasteiger partial charge is 0.493 e. The van der Waals surface area contributed by atoms with Crippen LogP contribution >= 0.6 is 11.3 Å². The van der Waals surface area contributed by atoms with E-state index in [9.17, 15) is 9.59 Å². The Morgan fingerprint density at radius 3 is 2.53 bits per heavy atom. The van der Waals surface area contributed by atoms with Gasteiger partial charge >= 0.3 is 0 Å². The van der Waals surface area contributed by atoms with Crippen LogP contribution in [-0.4, -0.2) is 78.9 Å². The van der Waals surface area contributed by atoms with E-state index in [-0.39, 0.29) is 17.7 Å². The highest BCUT2D eigenvalue weighted by Gasteiger charge is 2.32. The minimum atomic E-state index is -0.0691. The van der Waals surface area contributed by atoms with Gasteiger partial charge in [0.1, 0.15) is 5.75 Å².